The van der Waals surface area contributed by atoms with Crippen LogP contribution < -0.4 is 15.8 Å². The number of likely N-dealkylation sites (N-methyl/N-ethyl adjacent to an activating group) is 1. The molecule has 3 aromatic carbocycles. The van der Waals surface area contributed by atoms with Gasteiger partial charge in [0, 0.05) is 40.4 Å². The highest BCUT2D eigenvalue weighted by molar-refractivity contribution is 7.95. The molecule has 0 saturated carbocycles. The number of amidine groups is 1. The Morgan fingerprint density at radius 2 is 1.75 bits per heavy atom. The Morgan fingerprint density at radius 3 is 2.36 bits per heavy atom. The summed E-state index contributed by atoms with van der Waals surface area (Å²) in [5.41, 5.74) is 6.78. The fourth-order valence-electron chi connectivity index (χ4n) is 4.91. The van der Waals surface area contributed by atoms with Gasteiger partial charge in [-0.15, -0.1) is 0 Å². The van der Waals surface area contributed by atoms with Crippen molar-refractivity contribution in [2.24, 2.45) is 10.7 Å². The lowest BCUT2D eigenvalue weighted by molar-refractivity contribution is -0.137. The monoisotopic (exact) mass is 625 g/mol. The lowest BCUT2D eigenvalue weighted by Gasteiger charge is -2.41. The molecule has 2 unspecified atom stereocenters. The number of piperidine rings is 1. The summed E-state index contributed by atoms with van der Waals surface area (Å²) in [5.74, 6) is -2.30. The quantitative estimate of drug-likeness (QED) is 0.313. The van der Waals surface area contributed by atoms with E-state index in [1.165, 1.54) is 23.1 Å². The molecule has 1 saturated heterocycles. The van der Waals surface area contributed by atoms with Gasteiger partial charge < -0.3 is 11.1 Å². The van der Waals surface area contributed by atoms with Crippen LogP contribution in [0.25, 0.3) is 0 Å². The predicted octanol–water partition coefficient (Wildman–Crippen LogP) is 5.30. The Balaban J connectivity index is 1.90. The van der Waals surface area contributed by atoms with E-state index in [2.05, 4.69) is 16.6 Å². The van der Waals surface area contributed by atoms with Crippen LogP contribution in [0.3, 0.4) is 0 Å². The van der Waals surface area contributed by atoms with Crippen molar-refractivity contribution in [3.63, 3.8) is 0 Å². The molecule has 4 N–H and O–H groups in total. The topological polar surface area (TPSA) is 134 Å². The van der Waals surface area contributed by atoms with Crippen molar-refractivity contribution in [2.45, 2.75) is 32.0 Å². The van der Waals surface area contributed by atoms with E-state index in [9.17, 15) is 31.2 Å². The van der Waals surface area contributed by atoms with Crippen molar-refractivity contribution in [3.8, 4) is 0 Å². The third-order valence-corrected chi connectivity index (χ3v) is 7.83. The molecule has 3 aromatic rings. The highest BCUT2D eigenvalue weighted by Crippen LogP contribution is 2.38. The number of aliphatic imine (C=N–C) groups is 1. The summed E-state index contributed by atoms with van der Waals surface area (Å²) in [4.78, 5) is 33.6. The fraction of sp³-hybridized carbons (Fsp3) is 0.194. The van der Waals surface area contributed by atoms with Gasteiger partial charge >= 0.3 is 6.18 Å². The molecule has 1 fully saturated rings. The molecule has 2 atom stereocenters. The summed E-state index contributed by atoms with van der Waals surface area (Å²) < 4.78 is 67.0. The first-order chi connectivity index (χ1) is 20.8. The number of nitrogens with zero attached hydrogens (tertiary/aromatic N) is 2. The molecule has 2 amide bonds. The van der Waals surface area contributed by atoms with Crippen LogP contribution in [0.15, 0.2) is 107 Å². The largest absolute Gasteiger partial charge is 0.416 e. The first kappa shape index (κ1) is 32.0. The van der Waals surface area contributed by atoms with E-state index in [1.807, 2.05) is 0 Å². The number of carbonyl (C=O) groups excluding carboxylic acids is 2. The second-order valence-electron chi connectivity index (χ2n) is 9.90. The number of hydrogen-bond donors (Lipinski definition) is 3. The van der Waals surface area contributed by atoms with Gasteiger partial charge in [-0.05, 0) is 61.9 Å². The van der Waals surface area contributed by atoms with Crippen LogP contribution in [-0.4, -0.2) is 43.6 Å². The standard InChI is InChI=1S/C31H30F3N5O4S/c1-4-39-28(36-23-14-7-6-8-15-23)25(19(3)35)26(20-11-10-16-24(18-20)38-44(42,43)5-2)27(30(39)41)37-29(40)21-12-9-13-22(17-21)31(32,33)34/h5-18,26-27,38H,2,4,35H2,1,3H3,(H,37,40)/b25-19-,36-28?. The average Bonchev–Trinajstić information content (AvgIpc) is 2.98. The SMILES string of the molecule is C=CS(=O)(=O)Nc1cccc(C2/C(=C(\C)N)C(=Nc3ccccc3)N(CC)C(=O)C2NC(=O)c2cccc(C(F)(F)F)c2)c1. The van der Waals surface area contributed by atoms with E-state index >= 15 is 0 Å². The number of rotatable bonds is 8. The first-order valence-corrected chi connectivity index (χ1v) is 15.0. The zero-order chi connectivity index (χ0) is 32.2. The number of benzene rings is 3. The number of anilines is 1. The highest BCUT2D eigenvalue weighted by atomic mass is 32.2. The van der Waals surface area contributed by atoms with E-state index in [0.29, 0.717) is 22.9 Å². The number of alkyl halides is 3. The molecule has 0 spiro atoms. The number of hydrogen-bond acceptors (Lipinski definition) is 6. The van der Waals surface area contributed by atoms with Crippen LogP contribution in [0.4, 0.5) is 24.5 Å². The maximum absolute atomic E-state index is 14.1. The molecule has 13 heteroatoms. The van der Waals surface area contributed by atoms with Crippen molar-refractivity contribution in [1.29, 1.82) is 0 Å². The number of carbonyl (C=O) groups is 2. The maximum Gasteiger partial charge on any atom is 0.416 e. The molecule has 1 aliphatic heterocycles. The number of allylic oxidation sites excluding steroid dienone is 1. The third-order valence-electron chi connectivity index (χ3n) is 6.87. The number of amides is 2. The Kier molecular flexibility index (Phi) is 9.28. The summed E-state index contributed by atoms with van der Waals surface area (Å²) in [6.07, 6.45) is -4.69. The average molecular weight is 626 g/mol. The van der Waals surface area contributed by atoms with E-state index in [-0.39, 0.29) is 29.3 Å². The number of nitrogens with one attached hydrogen (secondary N) is 2. The summed E-state index contributed by atoms with van der Waals surface area (Å²) in [6, 6.07) is 17.4. The fourth-order valence-corrected chi connectivity index (χ4v) is 5.44. The number of nitrogens with two attached hydrogens (primary N) is 1. The second-order valence-corrected chi connectivity index (χ2v) is 11.5. The molecular weight excluding hydrogens is 595 g/mol. The van der Waals surface area contributed by atoms with Crippen molar-refractivity contribution in [3.05, 3.63) is 119 Å². The first-order valence-electron chi connectivity index (χ1n) is 13.4. The Labute approximate surface area is 253 Å². The van der Waals surface area contributed by atoms with Gasteiger partial charge in [0.05, 0.1) is 11.3 Å². The van der Waals surface area contributed by atoms with E-state index < -0.39 is 45.5 Å². The molecule has 230 valence electrons. The van der Waals surface area contributed by atoms with Crippen molar-refractivity contribution in [2.75, 3.05) is 11.3 Å². The van der Waals surface area contributed by atoms with Gasteiger partial charge in [0.15, 0.2) is 0 Å². The molecular formula is C31H30F3N5O4S. The number of likely N-dealkylation sites (tertiary alicyclic amines) is 1. The molecule has 4 rings (SSSR count). The van der Waals surface area contributed by atoms with Gasteiger partial charge in [0.1, 0.15) is 11.9 Å². The number of sulfonamides is 1. The summed E-state index contributed by atoms with van der Waals surface area (Å²) in [6.45, 7) is 6.72. The predicted molar refractivity (Wildman–Crippen MR) is 162 cm³/mol. The smallest absolute Gasteiger partial charge is 0.402 e. The van der Waals surface area contributed by atoms with Gasteiger partial charge in [-0.1, -0.05) is 43.0 Å². The van der Waals surface area contributed by atoms with Gasteiger partial charge in [0.2, 0.25) is 0 Å². The van der Waals surface area contributed by atoms with E-state index in [1.54, 1.807) is 56.3 Å². The lowest BCUT2D eigenvalue weighted by Crippen LogP contribution is -2.59. The van der Waals surface area contributed by atoms with Crippen molar-refractivity contribution in [1.82, 2.24) is 10.2 Å². The van der Waals surface area contributed by atoms with E-state index in [0.717, 1.165) is 17.5 Å². The van der Waals surface area contributed by atoms with Gasteiger partial charge in [-0.2, -0.15) is 13.2 Å². The maximum atomic E-state index is 14.1. The van der Waals surface area contributed by atoms with Crippen molar-refractivity contribution < 1.29 is 31.2 Å². The molecule has 9 nitrogen and oxygen atoms in total. The van der Waals surface area contributed by atoms with Crippen LogP contribution in [-0.2, 0) is 21.0 Å². The zero-order valence-electron chi connectivity index (χ0n) is 23.8. The Hall–Kier alpha value is -4.91. The molecule has 0 radical (unpaired) electrons. The number of para-hydroxylation sites is 1. The summed E-state index contributed by atoms with van der Waals surface area (Å²) >= 11 is 0. The second kappa shape index (κ2) is 12.8. The summed E-state index contributed by atoms with van der Waals surface area (Å²) in [7, 11) is -3.89. The molecule has 1 aliphatic rings. The summed E-state index contributed by atoms with van der Waals surface area (Å²) in [5, 5.41) is 3.36. The van der Waals surface area contributed by atoms with Crippen molar-refractivity contribution >= 4 is 39.0 Å². The highest BCUT2D eigenvalue weighted by Gasteiger charge is 2.45. The molecule has 0 bridgehead atoms. The molecule has 0 aromatic heterocycles. The van der Waals surface area contributed by atoms with Gasteiger partial charge in [0.25, 0.3) is 21.8 Å². The lowest BCUT2D eigenvalue weighted by atomic mass is 9.78. The molecule has 0 aliphatic carbocycles. The zero-order valence-corrected chi connectivity index (χ0v) is 24.6. The van der Waals surface area contributed by atoms with Crippen LogP contribution in [0.1, 0.15) is 41.3 Å². The van der Waals surface area contributed by atoms with Gasteiger partial charge in [-0.3, -0.25) is 19.2 Å². The minimum absolute atomic E-state index is 0.128. The van der Waals surface area contributed by atoms with Crippen LogP contribution in [0.5, 0.6) is 0 Å². The van der Waals surface area contributed by atoms with Crippen LogP contribution >= 0.6 is 0 Å². The Morgan fingerprint density at radius 1 is 1.07 bits per heavy atom. The normalized spacial score (nSPS) is 19.4. The molecule has 44 heavy (non-hydrogen) atoms. The minimum atomic E-state index is -4.69. The minimum Gasteiger partial charge on any atom is -0.402 e. The molecule has 1 heterocycles. The van der Waals surface area contributed by atoms with Crippen LogP contribution in [0.2, 0.25) is 0 Å². The third kappa shape index (κ3) is 7.00. The van der Waals surface area contributed by atoms with Gasteiger partial charge in [-0.25, -0.2) is 13.4 Å². The van der Waals surface area contributed by atoms with E-state index in [4.69, 9.17) is 10.7 Å². The Bertz CT molecular complexity index is 1750. The number of halogens is 3. The van der Waals surface area contributed by atoms with Crippen LogP contribution in [0, 0.1) is 0 Å².